The zero-order chi connectivity index (χ0) is 8.93. The van der Waals surface area contributed by atoms with E-state index in [4.69, 9.17) is 4.74 Å². The van der Waals surface area contributed by atoms with Gasteiger partial charge in [-0.25, -0.2) is 0 Å². The Balaban J connectivity index is 2.11. The van der Waals surface area contributed by atoms with Gasteiger partial charge in [-0.3, -0.25) is 4.79 Å². The number of hydrogen-bond donors (Lipinski definition) is 0. The van der Waals surface area contributed by atoms with Gasteiger partial charge in [0.25, 0.3) is 0 Å². The lowest BCUT2D eigenvalue weighted by Crippen LogP contribution is -2.32. The number of rotatable bonds is 0. The maximum absolute atomic E-state index is 11.3. The summed E-state index contributed by atoms with van der Waals surface area (Å²) in [6.45, 7) is 6.57. The molecule has 2 rings (SSSR count). The molecule has 0 spiro atoms. The van der Waals surface area contributed by atoms with Crippen LogP contribution in [0.3, 0.4) is 0 Å². The first-order valence-corrected chi connectivity index (χ1v) is 4.65. The van der Waals surface area contributed by atoms with Gasteiger partial charge < -0.3 is 4.74 Å². The lowest BCUT2D eigenvalue weighted by molar-refractivity contribution is -0.121. The minimum Gasteiger partial charge on any atom is -0.369 e. The SMILES string of the molecule is CC(C)(C)[C@H]1CC(=O)C[C@@H]2O[C@@H]21. The standard InChI is InChI=1S/C10H16O2/c1-10(2,3)7-4-6(11)5-8-9(7)12-8/h7-9H,4-5H2,1-3H3/t7-,8-,9+/m0/s1. The minimum absolute atomic E-state index is 0.218. The number of fused-ring (bicyclic) bond motifs is 1. The first-order valence-electron chi connectivity index (χ1n) is 4.65. The summed E-state index contributed by atoms with van der Waals surface area (Å²) in [4.78, 5) is 11.3. The van der Waals surface area contributed by atoms with Crippen LogP contribution in [0.1, 0.15) is 33.6 Å². The Bertz CT molecular complexity index is 214. The van der Waals surface area contributed by atoms with Gasteiger partial charge in [0.15, 0.2) is 0 Å². The van der Waals surface area contributed by atoms with Gasteiger partial charge in [-0.05, 0) is 11.3 Å². The fourth-order valence-electron chi connectivity index (χ4n) is 2.14. The molecule has 2 aliphatic rings. The number of ether oxygens (including phenoxy) is 1. The smallest absolute Gasteiger partial charge is 0.135 e. The normalized spacial score (nSPS) is 40.9. The van der Waals surface area contributed by atoms with Crippen molar-refractivity contribution < 1.29 is 9.53 Å². The van der Waals surface area contributed by atoms with Crippen molar-refractivity contribution in [2.24, 2.45) is 11.3 Å². The van der Waals surface area contributed by atoms with E-state index in [0.717, 1.165) is 6.42 Å². The van der Waals surface area contributed by atoms with Crippen molar-refractivity contribution in [2.75, 3.05) is 0 Å². The zero-order valence-corrected chi connectivity index (χ0v) is 7.96. The molecule has 1 saturated carbocycles. The fourth-order valence-corrected chi connectivity index (χ4v) is 2.14. The molecule has 3 atom stereocenters. The Labute approximate surface area is 73.3 Å². The molecule has 0 aromatic heterocycles. The van der Waals surface area contributed by atoms with Crippen molar-refractivity contribution in [3.63, 3.8) is 0 Å². The number of ketones is 1. The minimum atomic E-state index is 0.218. The maximum Gasteiger partial charge on any atom is 0.135 e. The maximum atomic E-state index is 11.3. The van der Waals surface area contributed by atoms with Crippen LogP contribution in [-0.4, -0.2) is 18.0 Å². The summed E-state index contributed by atoms with van der Waals surface area (Å²) in [6, 6.07) is 0. The second-order valence-corrected chi connectivity index (χ2v) is 5.06. The fraction of sp³-hybridized carbons (Fsp3) is 0.900. The largest absolute Gasteiger partial charge is 0.369 e. The van der Waals surface area contributed by atoms with E-state index < -0.39 is 0 Å². The second kappa shape index (κ2) is 2.32. The van der Waals surface area contributed by atoms with Crippen molar-refractivity contribution >= 4 is 5.78 Å². The summed E-state index contributed by atoms with van der Waals surface area (Å²) in [5, 5.41) is 0. The van der Waals surface area contributed by atoms with Gasteiger partial charge in [0.2, 0.25) is 0 Å². The van der Waals surface area contributed by atoms with Crippen molar-refractivity contribution in [3.05, 3.63) is 0 Å². The second-order valence-electron chi connectivity index (χ2n) is 5.06. The van der Waals surface area contributed by atoms with Gasteiger partial charge >= 0.3 is 0 Å². The summed E-state index contributed by atoms with van der Waals surface area (Å²) in [6.07, 6.45) is 2.06. The van der Waals surface area contributed by atoms with Crippen LogP contribution >= 0.6 is 0 Å². The van der Waals surface area contributed by atoms with Crippen molar-refractivity contribution in [2.45, 2.75) is 45.8 Å². The molecule has 2 fully saturated rings. The monoisotopic (exact) mass is 168 g/mol. The van der Waals surface area contributed by atoms with Crippen LogP contribution in [0, 0.1) is 11.3 Å². The molecule has 12 heavy (non-hydrogen) atoms. The van der Waals surface area contributed by atoms with Gasteiger partial charge in [0, 0.05) is 12.8 Å². The molecule has 0 unspecified atom stereocenters. The van der Waals surface area contributed by atoms with Crippen LogP contribution in [0.25, 0.3) is 0 Å². The third-order valence-corrected chi connectivity index (χ3v) is 3.01. The van der Waals surface area contributed by atoms with Crippen molar-refractivity contribution in [1.82, 2.24) is 0 Å². The molecule has 0 radical (unpaired) electrons. The number of Topliss-reactive ketones (excluding diaryl/α,β-unsaturated/α-hetero) is 1. The highest BCUT2D eigenvalue weighted by Crippen LogP contribution is 2.46. The number of hydrogen-bond acceptors (Lipinski definition) is 2. The third-order valence-electron chi connectivity index (χ3n) is 3.01. The number of carbonyl (C=O) groups is 1. The van der Waals surface area contributed by atoms with E-state index in [9.17, 15) is 4.79 Å². The molecule has 1 heterocycles. The topological polar surface area (TPSA) is 29.6 Å². The lowest BCUT2D eigenvalue weighted by Gasteiger charge is -2.30. The molecule has 1 aliphatic carbocycles. The highest BCUT2D eigenvalue weighted by molar-refractivity contribution is 5.81. The van der Waals surface area contributed by atoms with Gasteiger partial charge in [-0.1, -0.05) is 20.8 Å². The van der Waals surface area contributed by atoms with E-state index >= 15 is 0 Å². The quantitative estimate of drug-likeness (QED) is 0.516. The van der Waals surface area contributed by atoms with E-state index in [1.807, 2.05) is 0 Å². The highest BCUT2D eigenvalue weighted by Gasteiger charge is 2.53. The molecule has 1 aliphatic heterocycles. The highest BCUT2D eigenvalue weighted by atomic mass is 16.6. The molecule has 0 N–H and O–H groups in total. The van der Waals surface area contributed by atoms with Crippen LogP contribution in [0.5, 0.6) is 0 Å². The summed E-state index contributed by atoms with van der Waals surface area (Å²) < 4.78 is 5.47. The summed E-state index contributed by atoms with van der Waals surface area (Å²) in [7, 11) is 0. The summed E-state index contributed by atoms with van der Waals surface area (Å²) in [5.41, 5.74) is 0.218. The molecule has 0 aromatic carbocycles. The van der Waals surface area contributed by atoms with E-state index in [1.165, 1.54) is 0 Å². The van der Waals surface area contributed by atoms with Crippen molar-refractivity contribution in [1.29, 1.82) is 0 Å². The van der Waals surface area contributed by atoms with E-state index in [0.29, 0.717) is 24.2 Å². The van der Waals surface area contributed by atoms with Crippen LogP contribution in [0.4, 0.5) is 0 Å². The Kier molecular flexibility index (Phi) is 1.59. The van der Waals surface area contributed by atoms with E-state index in [1.54, 1.807) is 0 Å². The molecule has 2 heteroatoms. The van der Waals surface area contributed by atoms with Crippen LogP contribution < -0.4 is 0 Å². The Morgan fingerprint density at radius 3 is 2.58 bits per heavy atom. The van der Waals surface area contributed by atoms with Crippen LogP contribution in [0.2, 0.25) is 0 Å². The molecule has 68 valence electrons. The van der Waals surface area contributed by atoms with Gasteiger partial charge in [-0.15, -0.1) is 0 Å². The first-order chi connectivity index (χ1) is 5.48. The van der Waals surface area contributed by atoms with E-state index in [-0.39, 0.29) is 11.5 Å². The molecule has 0 aromatic rings. The Hall–Kier alpha value is -0.370. The van der Waals surface area contributed by atoms with Crippen molar-refractivity contribution in [3.8, 4) is 0 Å². The Morgan fingerprint density at radius 1 is 1.33 bits per heavy atom. The first kappa shape index (κ1) is 8.24. The number of epoxide rings is 1. The zero-order valence-electron chi connectivity index (χ0n) is 7.96. The van der Waals surface area contributed by atoms with Crippen LogP contribution in [0.15, 0.2) is 0 Å². The molecule has 2 nitrogen and oxygen atoms in total. The van der Waals surface area contributed by atoms with Gasteiger partial charge in [-0.2, -0.15) is 0 Å². The molecular weight excluding hydrogens is 152 g/mol. The molecule has 0 bridgehead atoms. The predicted molar refractivity (Wildman–Crippen MR) is 45.8 cm³/mol. The molecular formula is C10H16O2. The van der Waals surface area contributed by atoms with Gasteiger partial charge in [0.05, 0.1) is 12.2 Å². The molecule has 1 saturated heterocycles. The average Bonchev–Trinajstić information content (AvgIpc) is 2.61. The predicted octanol–water partition coefficient (Wildman–Crippen LogP) is 1.78. The van der Waals surface area contributed by atoms with E-state index in [2.05, 4.69) is 20.8 Å². The summed E-state index contributed by atoms with van der Waals surface area (Å²) in [5.74, 6) is 0.831. The Morgan fingerprint density at radius 2 is 2.00 bits per heavy atom. The third kappa shape index (κ3) is 1.28. The lowest BCUT2D eigenvalue weighted by atomic mass is 9.72. The summed E-state index contributed by atoms with van der Waals surface area (Å²) >= 11 is 0. The van der Waals surface area contributed by atoms with Gasteiger partial charge in [0.1, 0.15) is 5.78 Å². The number of carbonyl (C=O) groups excluding carboxylic acids is 1. The average molecular weight is 168 g/mol. The molecule has 0 amide bonds. The van der Waals surface area contributed by atoms with Crippen LogP contribution in [-0.2, 0) is 9.53 Å².